The summed E-state index contributed by atoms with van der Waals surface area (Å²) in [7, 11) is 0. The van der Waals surface area contributed by atoms with Crippen molar-refractivity contribution in [2.24, 2.45) is 0 Å². The van der Waals surface area contributed by atoms with Crippen molar-refractivity contribution in [1.82, 2.24) is 14.9 Å². The first-order valence-electron chi connectivity index (χ1n) is 7.58. The van der Waals surface area contributed by atoms with E-state index in [1.54, 1.807) is 6.20 Å². The molecule has 5 nitrogen and oxygen atoms in total. The van der Waals surface area contributed by atoms with Gasteiger partial charge in [-0.1, -0.05) is 12.1 Å². The molecule has 3 rings (SSSR count). The second-order valence-electron chi connectivity index (χ2n) is 5.55. The van der Waals surface area contributed by atoms with Gasteiger partial charge in [0.15, 0.2) is 0 Å². The van der Waals surface area contributed by atoms with Gasteiger partial charge >= 0.3 is 6.36 Å². The Labute approximate surface area is 136 Å². The van der Waals surface area contributed by atoms with Crippen LogP contribution in [-0.2, 0) is 6.54 Å². The number of rotatable bonds is 6. The summed E-state index contributed by atoms with van der Waals surface area (Å²) in [6.45, 7) is 0.801. The van der Waals surface area contributed by atoms with Crippen molar-refractivity contribution >= 4 is 5.91 Å². The molecule has 0 radical (unpaired) electrons. The zero-order valence-electron chi connectivity index (χ0n) is 12.7. The number of benzene rings is 1. The van der Waals surface area contributed by atoms with Gasteiger partial charge in [-0.15, -0.1) is 13.2 Å². The Hall–Kier alpha value is -2.51. The quantitative estimate of drug-likeness (QED) is 0.880. The van der Waals surface area contributed by atoms with Crippen LogP contribution in [0.25, 0.3) is 0 Å². The van der Waals surface area contributed by atoms with E-state index in [2.05, 4.69) is 15.0 Å². The Morgan fingerprint density at radius 2 is 2.08 bits per heavy atom. The van der Waals surface area contributed by atoms with Crippen LogP contribution in [0.15, 0.2) is 36.7 Å². The number of ether oxygens (including phenoxy) is 1. The number of carbonyl (C=O) groups excluding carboxylic acids is 1. The first kappa shape index (κ1) is 16.4. The van der Waals surface area contributed by atoms with Crippen molar-refractivity contribution < 1.29 is 22.7 Å². The van der Waals surface area contributed by atoms with Gasteiger partial charge in [-0.2, -0.15) is 0 Å². The van der Waals surface area contributed by atoms with E-state index >= 15 is 0 Å². The molecule has 1 aliphatic rings. The third-order valence-corrected chi connectivity index (χ3v) is 3.69. The van der Waals surface area contributed by atoms with E-state index in [0.717, 1.165) is 24.7 Å². The van der Waals surface area contributed by atoms with Crippen LogP contribution in [0.4, 0.5) is 13.2 Å². The van der Waals surface area contributed by atoms with Crippen molar-refractivity contribution in [2.75, 3.05) is 6.54 Å². The third-order valence-electron chi connectivity index (χ3n) is 3.69. The maximum Gasteiger partial charge on any atom is 0.573 e. The Balaban J connectivity index is 1.60. The summed E-state index contributed by atoms with van der Waals surface area (Å²) in [5.41, 5.74) is -0.150. The summed E-state index contributed by atoms with van der Waals surface area (Å²) < 4.78 is 43.0. The fourth-order valence-corrected chi connectivity index (χ4v) is 2.46. The molecule has 0 unspecified atom stereocenters. The third kappa shape index (κ3) is 4.06. The Morgan fingerprint density at radius 1 is 1.33 bits per heavy atom. The Morgan fingerprint density at radius 3 is 2.79 bits per heavy atom. The maximum absolute atomic E-state index is 12.4. The normalized spacial score (nSPS) is 14.5. The van der Waals surface area contributed by atoms with Crippen LogP contribution >= 0.6 is 0 Å². The molecule has 0 atom stereocenters. The number of nitrogens with zero attached hydrogens (tertiary/aromatic N) is 2. The number of hydrogen-bond acceptors (Lipinski definition) is 3. The summed E-state index contributed by atoms with van der Waals surface area (Å²) in [6.07, 6.45) is 0.936. The predicted octanol–water partition coefficient (Wildman–Crippen LogP) is 3.09. The summed E-state index contributed by atoms with van der Waals surface area (Å²) in [6, 6.07) is 5.27. The second-order valence-corrected chi connectivity index (χ2v) is 5.55. The molecule has 1 saturated carbocycles. The lowest BCUT2D eigenvalue weighted by Crippen LogP contribution is -2.29. The van der Waals surface area contributed by atoms with Crippen LogP contribution < -0.4 is 10.1 Å². The highest BCUT2D eigenvalue weighted by Crippen LogP contribution is 2.38. The zero-order valence-corrected chi connectivity index (χ0v) is 12.7. The molecule has 8 heteroatoms. The average Bonchev–Trinajstić information content (AvgIpc) is 3.25. The van der Waals surface area contributed by atoms with Crippen LogP contribution in [-0.4, -0.2) is 28.4 Å². The summed E-state index contributed by atoms with van der Waals surface area (Å²) in [5.74, 6) is 0.355. The molecule has 0 bridgehead atoms. The molecular weight excluding hydrogens is 323 g/mol. The molecule has 128 valence electrons. The van der Waals surface area contributed by atoms with Gasteiger partial charge in [0.2, 0.25) is 0 Å². The van der Waals surface area contributed by atoms with Gasteiger partial charge in [-0.05, 0) is 25.0 Å². The van der Waals surface area contributed by atoms with Crippen LogP contribution in [0.5, 0.6) is 5.75 Å². The molecule has 1 heterocycles. The SMILES string of the molecule is O=C(NCCn1ccnc1C1CC1)c1ccccc1OC(F)(F)F. The molecule has 1 aromatic carbocycles. The molecule has 1 fully saturated rings. The van der Waals surface area contributed by atoms with Crippen LogP contribution in [0.1, 0.15) is 34.9 Å². The second kappa shape index (κ2) is 6.54. The highest BCUT2D eigenvalue weighted by atomic mass is 19.4. The number of carbonyl (C=O) groups is 1. The van der Waals surface area contributed by atoms with E-state index in [-0.39, 0.29) is 12.1 Å². The van der Waals surface area contributed by atoms with Crippen molar-refractivity contribution in [2.45, 2.75) is 31.7 Å². The Bertz CT molecular complexity index is 723. The molecule has 1 amide bonds. The van der Waals surface area contributed by atoms with Gasteiger partial charge in [-0.25, -0.2) is 4.98 Å². The highest BCUT2D eigenvalue weighted by Gasteiger charge is 2.33. The minimum atomic E-state index is -4.84. The molecule has 0 saturated heterocycles. The van der Waals surface area contributed by atoms with E-state index < -0.39 is 18.0 Å². The molecule has 1 aromatic heterocycles. The Kier molecular flexibility index (Phi) is 4.46. The smallest absolute Gasteiger partial charge is 0.405 e. The number of halogens is 3. The van der Waals surface area contributed by atoms with E-state index in [1.807, 2.05) is 10.8 Å². The number of imidazole rings is 1. The van der Waals surface area contributed by atoms with Crippen LogP contribution in [0, 0.1) is 0 Å². The average molecular weight is 339 g/mol. The van der Waals surface area contributed by atoms with Crippen molar-refractivity contribution in [3.05, 3.63) is 48.0 Å². The molecular formula is C16H16F3N3O2. The first-order valence-corrected chi connectivity index (χ1v) is 7.58. The number of para-hydroxylation sites is 1. The van der Waals surface area contributed by atoms with Crippen molar-refractivity contribution in [3.8, 4) is 5.75 Å². The summed E-state index contributed by atoms with van der Waals surface area (Å²) >= 11 is 0. The minimum absolute atomic E-state index is 0.150. The van der Waals surface area contributed by atoms with Crippen LogP contribution in [0.2, 0.25) is 0 Å². The van der Waals surface area contributed by atoms with Gasteiger partial charge in [0.05, 0.1) is 5.56 Å². The first-order chi connectivity index (χ1) is 11.4. The molecule has 1 aliphatic carbocycles. The number of alkyl halides is 3. The standard InChI is InChI=1S/C16H16F3N3O2/c17-16(18,19)24-13-4-2-1-3-12(13)15(23)21-8-10-22-9-7-20-14(22)11-5-6-11/h1-4,7,9,11H,5-6,8,10H2,(H,21,23). The lowest BCUT2D eigenvalue weighted by atomic mass is 10.2. The number of hydrogen-bond donors (Lipinski definition) is 1. The van der Waals surface area contributed by atoms with E-state index in [9.17, 15) is 18.0 Å². The number of aromatic nitrogens is 2. The fraction of sp³-hybridized carbons (Fsp3) is 0.375. The predicted molar refractivity (Wildman–Crippen MR) is 79.7 cm³/mol. The van der Waals surface area contributed by atoms with E-state index in [1.165, 1.54) is 18.2 Å². The molecule has 0 aliphatic heterocycles. The van der Waals surface area contributed by atoms with Gasteiger partial charge in [0, 0.05) is 31.4 Å². The van der Waals surface area contributed by atoms with Crippen molar-refractivity contribution in [3.63, 3.8) is 0 Å². The van der Waals surface area contributed by atoms with Crippen molar-refractivity contribution in [1.29, 1.82) is 0 Å². The minimum Gasteiger partial charge on any atom is -0.405 e. The molecule has 24 heavy (non-hydrogen) atoms. The summed E-state index contributed by atoms with van der Waals surface area (Å²) in [4.78, 5) is 16.4. The lowest BCUT2D eigenvalue weighted by Gasteiger charge is -2.13. The van der Waals surface area contributed by atoms with E-state index in [0.29, 0.717) is 12.5 Å². The number of amides is 1. The lowest BCUT2D eigenvalue weighted by molar-refractivity contribution is -0.274. The monoisotopic (exact) mass is 339 g/mol. The molecule has 0 spiro atoms. The highest BCUT2D eigenvalue weighted by molar-refractivity contribution is 5.96. The fourth-order valence-electron chi connectivity index (χ4n) is 2.46. The van der Waals surface area contributed by atoms with Gasteiger partial charge in [0.1, 0.15) is 11.6 Å². The topological polar surface area (TPSA) is 56.2 Å². The van der Waals surface area contributed by atoms with Gasteiger partial charge < -0.3 is 14.6 Å². The molecule has 2 aromatic rings. The summed E-state index contributed by atoms with van der Waals surface area (Å²) in [5, 5.41) is 2.62. The zero-order chi connectivity index (χ0) is 17.2. The van der Waals surface area contributed by atoms with Gasteiger partial charge in [0.25, 0.3) is 5.91 Å². The van der Waals surface area contributed by atoms with E-state index in [4.69, 9.17) is 0 Å². The maximum atomic E-state index is 12.4. The number of nitrogens with one attached hydrogen (secondary N) is 1. The largest absolute Gasteiger partial charge is 0.573 e. The van der Waals surface area contributed by atoms with Crippen LogP contribution in [0.3, 0.4) is 0 Å². The molecule has 1 N–H and O–H groups in total. The van der Waals surface area contributed by atoms with Gasteiger partial charge in [-0.3, -0.25) is 4.79 Å².